The van der Waals surface area contributed by atoms with Gasteiger partial charge in [-0.3, -0.25) is 4.90 Å². The van der Waals surface area contributed by atoms with Crippen LogP contribution in [0.15, 0.2) is 48.5 Å². The summed E-state index contributed by atoms with van der Waals surface area (Å²) in [6, 6.07) is 15.9. The third kappa shape index (κ3) is 4.51. The van der Waals surface area contributed by atoms with E-state index < -0.39 is 8.07 Å². The van der Waals surface area contributed by atoms with Gasteiger partial charge in [-0.1, -0.05) is 69.9 Å². The van der Waals surface area contributed by atoms with E-state index in [4.69, 9.17) is 0 Å². The van der Waals surface area contributed by atoms with Crippen LogP contribution in [0.3, 0.4) is 0 Å². The van der Waals surface area contributed by atoms with Crippen LogP contribution in [-0.2, 0) is 6.42 Å². The lowest BCUT2D eigenvalue weighted by molar-refractivity contribution is 0.258. The highest BCUT2D eigenvalue weighted by Gasteiger charge is 2.28. The zero-order valence-corrected chi connectivity index (χ0v) is 17.3. The van der Waals surface area contributed by atoms with Gasteiger partial charge in [0.1, 0.15) is 0 Å². The molecule has 4 heteroatoms. The lowest BCUT2D eigenvalue weighted by Crippen LogP contribution is -2.35. The second kappa shape index (κ2) is 7.87. The molecule has 0 bridgehead atoms. The molecule has 2 aromatic carbocycles. The Labute approximate surface area is 153 Å². The van der Waals surface area contributed by atoms with Gasteiger partial charge in [0, 0.05) is 12.7 Å². The van der Waals surface area contributed by atoms with Crippen molar-refractivity contribution >= 4 is 25.5 Å². The number of nitrogens with zero attached hydrogens (tertiary/aromatic N) is 1. The number of amides is 2. The lowest BCUT2D eigenvalue weighted by Gasteiger charge is -2.31. The Hall–Kier alpha value is -2.07. The second-order valence-electron chi connectivity index (χ2n) is 7.65. The molecule has 0 heterocycles. The van der Waals surface area contributed by atoms with Crippen molar-refractivity contribution < 1.29 is 4.79 Å². The summed E-state index contributed by atoms with van der Waals surface area (Å²) in [6.07, 6.45) is 0.907. The molecule has 2 aromatic rings. The van der Waals surface area contributed by atoms with Crippen molar-refractivity contribution in [3.8, 4) is 0 Å². The zero-order chi connectivity index (χ0) is 18.6. The van der Waals surface area contributed by atoms with Crippen LogP contribution in [0.2, 0.25) is 19.6 Å². The number of para-hydroxylation sites is 2. The standard InChI is InChI=1S/C21H30N2OSi/c1-7-17-12-11-15-19(16(2)25(4,5)6)20(17)23(3)21(24)22-18-13-9-8-10-14-18/h8-16H,7H2,1-6H3,(H,22,24). The number of carbonyl (C=O) groups excluding carboxylic acids is 1. The van der Waals surface area contributed by atoms with Crippen LogP contribution >= 0.6 is 0 Å². The predicted octanol–water partition coefficient (Wildman–Crippen LogP) is 5.90. The molecule has 0 fully saturated rings. The first kappa shape index (κ1) is 19.3. The van der Waals surface area contributed by atoms with Gasteiger partial charge < -0.3 is 5.32 Å². The zero-order valence-electron chi connectivity index (χ0n) is 16.3. The molecule has 0 saturated heterocycles. The Morgan fingerprint density at radius 3 is 2.28 bits per heavy atom. The van der Waals surface area contributed by atoms with Gasteiger partial charge >= 0.3 is 6.03 Å². The third-order valence-electron chi connectivity index (χ3n) is 4.96. The fourth-order valence-corrected chi connectivity index (χ4v) is 4.12. The fourth-order valence-electron chi connectivity index (χ4n) is 2.95. The SMILES string of the molecule is CCc1cccc(C(C)[Si](C)(C)C)c1N(C)C(=O)Nc1ccccc1. The first-order valence-electron chi connectivity index (χ1n) is 8.97. The van der Waals surface area contributed by atoms with Crippen LogP contribution in [0.4, 0.5) is 16.2 Å². The molecule has 0 aromatic heterocycles. The molecule has 0 radical (unpaired) electrons. The number of aryl methyl sites for hydroxylation is 1. The van der Waals surface area contributed by atoms with Crippen molar-refractivity contribution in [2.45, 2.75) is 45.5 Å². The van der Waals surface area contributed by atoms with E-state index in [1.165, 1.54) is 11.1 Å². The number of hydrogen-bond acceptors (Lipinski definition) is 1. The highest BCUT2D eigenvalue weighted by molar-refractivity contribution is 6.77. The first-order chi connectivity index (χ1) is 11.8. The molecule has 134 valence electrons. The Balaban J connectivity index is 2.40. The van der Waals surface area contributed by atoms with E-state index in [9.17, 15) is 4.79 Å². The van der Waals surface area contributed by atoms with Crippen molar-refractivity contribution in [1.82, 2.24) is 0 Å². The number of rotatable bonds is 5. The molecule has 1 N–H and O–H groups in total. The molecule has 0 aliphatic carbocycles. The van der Waals surface area contributed by atoms with Crippen molar-refractivity contribution in [2.75, 3.05) is 17.3 Å². The van der Waals surface area contributed by atoms with Gasteiger partial charge in [0.2, 0.25) is 0 Å². The predicted molar refractivity (Wildman–Crippen MR) is 111 cm³/mol. The Bertz CT molecular complexity index is 722. The average molecular weight is 355 g/mol. The van der Waals surface area contributed by atoms with Crippen molar-refractivity contribution in [1.29, 1.82) is 0 Å². The minimum absolute atomic E-state index is 0.101. The van der Waals surface area contributed by atoms with Gasteiger partial charge in [0.15, 0.2) is 0 Å². The minimum atomic E-state index is -1.38. The summed E-state index contributed by atoms with van der Waals surface area (Å²) in [5.74, 6) is 0. The monoisotopic (exact) mass is 354 g/mol. The largest absolute Gasteiger partial charge is 0.326 e. The van der Waals surface area contributed by atoms with Gasteiger partial charge in [0.25, 0.3) is 0 Å². The summed E-state index contributed by atoms with van der Waals surface area (Å²) in [7, 11) is 0.487. The van der Waals surface area contributed by atoms with E-state index in [0.29, 0.717) is 5.54 Å². The van der Waals surface area contributed by atoms with Crippen molar-refractivity contribution in [3.05, 3.63) is 59.7 Å². The van der Waals surface area contributed by atoms with E-state index in [2.05, 4.69) is 57.0 Å². The molecule has 2 amide bonds. The molecule has 0 aliphatic heterocycles. The summed E-state index contributed by atoms with van der Waals surface area (Å²) in [4.78, 5) is 14.6. The molecule has 1 atom stereocenters. The second-order valence-corrected chi connectivity index (χ2v) is 13.2. The van der Waals surface area contributed by atoms with Gasteiger partial charge in [-0.05, 0) is 35.2 Å². The number of anilines is 2. The molecule has 0 aliphatic rings. The van der Waals surface area contributed by atoms with E-state index in [-0.39, 0.29) is 6.03 Å². The Morgan fingerprint density at radius 2 is 1.72 bits per heavy atom. The Kier molecular flexibility index (Phi) is 6.06. The summed E-state index contributed by atoms with van der Waals surface area (Å²) in [5, 5.41) is 2.99. The molecule has 1 unspecified atom stereocenters. The number of urea groups is 1. The Morgan fingerprint density at radius 1 is 1.08 bits per heavy atom. The van der Waals surface area contributed by atoms with Crippen LogP contribution in [0.1, 0.15) is 30.5 Å². The average Bonchev–Trinajstić information content (AvgIpc) is 2.59. The highest BCUT2D eigenvalue weighted by Crippen LogP contribution is 2.36. The lowest BCUT2D eigenvalue weighted by atomic mass is 10.0. The summed E-state index contributed by atoms with van der Waals surface area (Å²) < 4.78 is 0. The van der Waals surface area contributed by atoms with Crippen molar-refractivity contribution in [2.24, 2.45) is 0 Å². The maximum Gasteiger partial charge on any atom is 0.326 e. The number of carbonyl (C=O) groups is 1. The minimum Gasteiger partial charge on any atom is -0.308 e. The van der Waals surface area contributed by atoms with E-state index in [1.54, 1.807) is 4.90 Å². The van der Waals surface area contributed by atoms with Gasteiger partial charge in [-0.15, -0.1) is 0 Å². The van der Waals surface area contributed by atoms with Crippen LogP contribution < -0.4 is 10.2 Å². The van der Waals surface area contributed by atoms with Gasteiger partial charge in [-0.2, -0.15) is 0 Å². The van der Waals surface area contributed by atoms with Gasteiger partial charge in [0.05, 0.1) is 13.8 Å². The fraction of sp³-hybridized carbons (Fsp3) is 0.381. The highest BCUT2D eigenvalue weighted by atomic mass is 28.3. The van der Waals surface area contributed by atoms with Crippen LogP contribution in [0.25, 0.3) is 0 Å². The summed E-state index contributed by atoms with van der Waals surface area (Å²) >= 11 is 0. The molecule has 0 spiro atoms. The number of hydrogen-bond donors (Lipinski definition) is 1. The van der Waals surface area contributed by atoms with Gasteiger partial charge in [-0.25, -0.2) is 4.79 Å². The maximum atomic E-state index is 12.8. The van der Waals surface area contributed by atoms with Crippen LogP contribution in [0, 0.1) is 0 Å². The maximum absolute atomic E-state index is 12.8. The van der Waals surface area contributed by atoms with Crippen molar-refractivity contribution in [3.63, 3.8) is 0 Å². The van der Waals surface area contributed by atoms with E-state index in [0.717, 1.165) is 17.8 Å². The van der Waals surface area contributed by atoms with E-state index in [1.807, 2.05) is 37.4 Å². The molecular formula is C21H30N2OSi. The first-order valence-corrected chi connectivity index (χ1v) is 12.5. The third-order valence-corrected chi connectivity index (χ3v) is 7.87. The molecule has 2 rings (SSSR count). The smallest absolute Gasteiger partial charge is 0.308 e. The van der Waals surface area contributed by atoms with Crippen LogP contribution in [-0.4, -0.2) is 21.2 Å². The topological polar surface area (TPSA) is 32.3 Å². The number of nitrogens with one attached hydrogen (secondary N) is 1. The molecular weight excluding hydrogens is 324 g/mol. The summed E-state index contributed by atoms with van der Waals surface area (Å²) in [6.45, 7) is 11.6. The molecule has 0 saturated carbocycles. The number of benzene rings is 2. The quantitative estimate of drug-likeness (QED) is 0.666. The molecule has 25 heavy (non-hydrogen) atoms. The van der Waals surface area contributed by atoms with E-state index >= 15 is 0 Å². The normalized spacial score (nSPS) is 12.6. The van der Waals surface area contributed by atoms with Crippen LogP contribution in [0.5, 0.6) is 0 Å². The molecule has 3 nitrogen and oxygen atoms in total. The summed E-state index contributed by atoms with van der Waals surface area (Å²) in [5.41, 5.74) is 4.85.